The zero-order valence-corrected chi connectivity index (χ0v) is 18.7. The third-order valence-electron chi connectivity index (χ3n) is 5.62. The molecule has 1 aromatic carbocycles. The van der Waals surface area contributed by atoms with Crippen LogP contribution < -0.4 is 5.32 Å². The first-order valence-corrected chi connectivity index (χ1v) is 10.3. The predicted octanol–water partition coefficient (Wildman–Crippen LogP) is 3.69. The molecule has 1 unspecified atom stereocenters. The molecule has 1 atom stereocenters. The molecule has 0 spiro atoms. The normalized spacial score (nSPS) is 12.9. The summed E-state index contributed by atoms with van der Waals surface area (Å²) in [7, 11) is 1.77. The summed E-state index contributed by atoms with van der Waals surface area (Å²) in [6, 6.07) is 7.61. The van der Waals surface area contributed by atoms with Crippen molar-refractivity contribution in [3.8, 4) is 11.3 Å². The number of halogens is 2. The quantitative estimate of drug-likeness (QED) is 0.418. The van der Waals surface area contributed by atoms with Gasteiger partial charge in [-0.3, -0.25) is 19.3 Å². The van der Waals surface area contributed by atoms with Gasteiger partial charge in [0.2, 0.25) is 0 Å². The van der Waals surface area contributed by atoms with Crippen LogP contribution in [-0.4, -0.2) is 38.2 Å². The average molecular weight is 465 g/mol. The van der Waals surface area contributed by atoms with Crippen molar-refractivity contribution in [2.75, 3.05) is 6.54 Å². The van der Waals surface area contributed by atoms with Crippen molar-refractivity contribution in [3.63, 3.8) is 0 Å². The Morgan fingerprint density at radius 1 is 1.18 bits per heavy atom. The zero-order chi connectivity index (χ0) is 24.5. The number of rotatable bonds is 7. The maximum atomic E-state index is 14.1. The maximum Gasteiger partial charge on any atom is 0.273 e. The number of ketones is 1. The summed E-state index contributed by atoms with van der Waals surface area (Å²) in [5, 5.41) is 10.7. The van der Waals surface area contributed by atoms with Crippen LogP contribution in [0.5, 0.6) is 0 Å². The van der Waals surface area contributed by atoms with E-state index in [0.29, 0.717) is 11.3 Å². The fourth-order valence-electron chi connectivity index (χ4n) is 3.54. The van der Waals surface area contributed by atoms with Crippen LogP contribution in [0.3, 0.4) is 0 Å². The molecular formula is C24H21F2N5O3. The fourth-order valence-corrected chi connectivity index (χ4v) is 3.54. The number of hydrogen-bond acceptors (Lipinski definition) is 6. The molecule has 0 bridgehead atoms. The topological polar surface area (TPSA) is 103 Å². The van der Waals surface area contributed by atoms with Gasteiger partial charge in [-0.05, 0) is 38.1 Å². The van der Waals surface area contributed by atoms with Crippen LogP contribution in [0.4, 0.5) is 8.78 Å². The van der Waals surface area contributed by atoms with Crippen LogP contribution in [0.1, 0.15) is 46.0 Å². The van der Waals surface area contributed by atoms with Gasteiger partial charge >= 0.3 is 0 Å². The first kappa shape index (κ1) is 23.0. The molecule has 0 aliphatic carbocycles. The molecule has 0 saturated carbocycles. The van der Waals surface area contributed by atoms with E-state index in [0.717, 1.165) is 17.7 Å². The molecule has 174 valence electrons. The molecule has 0 radical (unpaired) electrons. The van der Waals surface area contributed by atoms with Crippen molar-refractivity contribution in [2.45, 2.75) is 19.3 Å². The van der Waals surface area contributed by atoms with E-state index in [1.807, 2.05) is 6.92 Å². The van der Waals surface area contributed by atoms with Crippen LogP contribution in [0.2, 0.25) is 0 Å². The van der Waals surface area contributed by atoms with E-state index in [4.69, 9.17) is 4.52 Å². The van der Waals surface area contributed by atoms with Gasteiger partial charge in [0, 0.05) is 49.2 Å². The summed E-state index contributed by atoms with van der Waals surface area (Å²) in [6.45, 7) is 3.44. The highest BCUT2D eigenvalue weighted by Gasteiger charge is 2.33. The molecule has 3 aromatic heterocycles. The third kappa shape index (κ3) is 4.47. The fraction of sp³-hybridized carbons (Fsp3) is 0.208. The summed E-state index contributed by atoms with van der Waals surface area (Å²) < 4.78 is 34.0. The number of aryl methyl sites for hydroxylation is 1. The van der Waals surface area contributed by atoms with Gasteiger partial charge in [0.15, 0.2) is 17.2 Å². The molecule has 1 N–H and O–H groups in total. The highest BCUT2D eigenvalue weighted by Crippen LogP contribution is 2.31. The molecule has 10 heteroatoms. The Balaban J connectivity index is 1.60. The van der Waals surface area contributed by atoms with Crippen LogP contribution in [0, 0.1) is 11.6 Å². The molecule has 4 aromatic rings. The molecule has 0 saturated heterocycles. The van der Waals surface area contributed by atoms with Crippen molar-refractivity contribution in [1.29, 1.82) is 0 Å². The van der Waals surface area contributed by atoms with E-state index < -0.39 is 23.0 Å². The van der Waals surface area contributed by atoms with Gasteiger partial charge in [0.05, 0.1) is 22.9 Å². The predicted molar refractivity (Wildman–Crippen MR) is 118 cm³/mol. The third-order valence-corrected chi connectivity index (χ3v) is 5.62. The summed E-state index contributed by atoms with van der Waals surface area (Å²) in [4.78, 5) is 29.2. The van der Waals surface area contributed by atoms with E-state index in [1.165, 1.54) is 19.1 Å². The maximum absolute atomic E-state index is 14.1. The van der Waals surface area contributed by atoms with Gasteiger partial charge in [0.25, 0.3) is 5.91 Å². The molecule has 0 aliphatic heterocycles. The van der Waals surface area contributed by atoms with Gasteiger partial charge in [0.1, 0.15) is 11.6 Å². The van der Waals surface area contributed by atoms with Crippen molar-refractivity contribution in [3.05, 3.63) is 89.1 Å². The number of aromatic nitrogens is 4. The van der Waals surface area contributed by atoms with Gasteiger partial charge in [-0.1, -0.05) is 5.16 Å². The van der Waals surface area contributed by atoms with Crippen molar-refractivity contribution >= 4 is 11.7 Å². The van der Waals surface area contributed by atoms with Crippen molar-refractivity contribution < 1.29 is 22.9 Å². The highest BCUT2D eigenvalue weighted by molar-refractivity contribution is 5.94. The van der Waals surface area contributed by atoms with Gasteiger partial charge in [-0.25, -0.2) is 8.78 Å². The number of amides is 1. The number of Topliss-reactive ketones (excluding diaryl/α,β-unsaturated/α-hetero) is 1. The standard InChI is InChI=1S/C24H21F2N5O3/c1-14(32)15-6-7-27-22(8-15)24(2,16-11-29-31(3)12-16)13-28-23(33)20-10-21(34-30-20)18-5-4-17(25)9-19(18)26/h4-12H,13H2,1-3H3,(H,28,33). The van der Waals surface area contributed by atoms with E-state index in [1.54, 1.807) is 42.5 Å². The lowest BCUT2D eigenvalue weighted by Crippen LogP contribution is -2.40. The van der Waals surface area contributed by atoms with Gasteiger partial charge < -0.3 is 9.84 Å². The molecule has 4 rings (SSSR count). The first-order valence-electron chi connectivity index (χ1n) is 10.3. The lowest BCUT2D eigenvalue weighted by atomic mass is 9.80. The monoisotopic (exact) mass is 465 g/mol. The molecule has 1 amide bonds. The number of carbonyl (C=O) groups is 2. The SMILES string of the molecule is CC(=O)c1ccnc(C(C)(CNC(=O)c2cc(-c3ccc(F)cc3F)on2)c2cnn(C)c2)c1. The Hall–Kier alpha value is -4.21. The van der Waals surface area contributed by atoms with E-state index >= 15 is 0 Å². The number of hydrogen-bond donors (Lipinski definition) is 1. The molecule has 8 nitrogen and oxygen atoms in total. The number of nitrogens with zero attached hydrogens (tertiary/aromatic N) is 4. The van der Waals surface area contributed by atoms with Gasteiger partial charge in [-0.2, -0.15) is 5.10 Å². The van der Waals surface area contributed by atoms with Crippen LogP contribution >= 0.6 is 0 Å². The van der Waals surface area contributed by atoms with Crippen LogP contribution in [0.15, 0.2) is 59.5 Å². The zero-order valence-electron chi connectivity index (χ0n) is 18.7. The average Bonchev–Trinajstić information content (AvgIpc) is 3.47. The van der Waals surface area contributed by atoms with Crippen molar-refractivity contribution in [2.24, 2.45) is 7.05 Å². The largest absolute Gasteiger partial charge is 0.355 e. The Morgan fingerprint density at radius 3 is 2.65 bits per heavy atom. The molecule has 0 fully saturated rings. The Morgan fingerprint density at radius 2 is 1.97 bits per heavy atom. The molecule has 3 heterocycles. The number of benzene rings is 1. The van der Waals surface area contributed by atoms with Crippen molar-refractivity contribution in [1.82, 2.24) is 25.2 Å². The first-order chi connectivity index (χ1) is 16.2. The Bertz CT molecular complexity index is 1380. The van der Waals surface area contributed by atoms with E-state index in [2.05, 4.69) is 20.6 Å². The minimum atomic E-state index is -0.830. The molecule has 0 aliphatic rings. The molecular weight excluding hydrogens is 444 g/mol. The number of nitrogens with one attached hydrogen (secondary N) is 1. The summed E-state index contributed by atoms with van der Waals surface area (Å²) in [5.41, 5.74) is 0.927. The smallest absolute Gasteiger partial charge is 0.273 e. The lowest BCUT2D eigenvalue weighted by molar-refractivity contribution is 0.0936. The Kier molecular flexibility index (Phi) is 6.06. The second-order valence-electron chi connectivity index (χ2n) is 8.10. The minimum absolute atomic E-state index is 0.00602. The summed E-state index contributed by atoms with van der Waals surface area (Å²) >= 11 is 0. The van der Waals surface area contributed by atoms with Crippen LogP contribution in [-0.2, 0) is 12.5 Å². The number of carbonyl (C=O) groups excluding carboxylic acids is 2. The van der Waals surface area contributed by atoms with E-state index in [9.17, 15) is 18.4 Å². The number of pyridine rings is 1. The van der Waals surface area contributed by atoms with E-state index in [-0.39, 0.29) is 29.3 Å². The lowest BCUT2D eigenvalue weighted by Gasteiger charge is -2.28. The second-order valence-corrected chi connectivity index (χ2v) is 8.10. The minimum Gasteiger partial charge on any atom is -0.355 e. The van der Waals surface area contributed by atoms with Crippen LogP contribution in [0.25, 0.3) is 11.3 Å². The summed E-state index contributed by atoms with van der Waals surface area (Å²) in [6.07, 6.45) is 5.02. The van der Waals surface area contributed by atoms with Gasteiger partial charge in [-0.15, -0.1) is 0 Å². The molecule has 34 heavy (non-hydrogen) atoms. The summed E-state index contributed by atoms with van der Waals surface area (Å²) in [5.74, 6) is -2.23. The highest BCUT2D eigenvalue weighted by atomic mass is 19.1. The second kappa shape index (κ2) is 8.97. The Labute approximate surface area is 193 Å².